The molecule has 0 aliphatic carbocycles. The van der Waals surface area contributed by atoms with Gasteiger partial charge in [-0.15, -0.1) is 22.7 Å². The van der Waals surface area contributed by atoms with E-state index in [1.807, 2.05) is 41.9 Å². The van der Waals surface area contributed by atoms with Gasteiger partial charge in [0.15, 0.2) is 13.2 Å². The molecule has 0 saturated carbocycles. The fourth-order valence-electron chi connectivity index (χ4n) is 3.23. The lowest BCUT2D eigenvalue weighted by Crippen LogP contribution is -2.31. The molecule has 0 fully saturated rings. The Kier molecular flexibility index (Phi) is 7.18. The number of thiophene rings is 2. The number of amides is 1. The summed E-state index contributed by atoms with van der Waals surface area (Å²) in [6, 6.07) is 14.6. The van der Waals surface area contributed by atoms with Gasteiger partial charge in [0.2, 0.25) is 0 Å². The zero-order chi connectivity index (χ0) is 22.3. The van der Waals surface area contributed by atoms with Gasteiger partial charge in [0.05, 0.1) is 23.2 Å². The minimum Gasteiger partial charge on any atom is -0.494 e. The highest BCUT2D eigenvalue weighted by molar-refractivity contribution is 7.12. The standard InChI is InChI=1S/C23H22N2O5S2/c1-2-28-16-7-9-17(10-8-16)29-15-23(27)30-14-22(26)25-19(21-6-4-12-32-21)13-18(24-25)20-5-3-11-31-20/h3-12,19H,2,13-15H2,1H3. The van der Waals surface area contributed by atoms with Gasteiger partial charge >= 0.3 is 5.97 Å². The lowest BCUT2D eigenvalue weighted by Gasteiger charge is -2.20. The van der Waals surface area contributed by atoms with Gasteiger partial charge in [-0.3, -0.25) is 4.79 Å². The largest absolute Gasteiger partial charge is 0.494 e. The van der Waals surface area contributed by atoms with Crippen LogP contribution in [0.4, 0.5) is 0 Å². The molecule has 32 heavy (non-hydrogen) atoms. The first-order valence-electron chi connectivity index (χ1n) is 10.1. The predicted molar refractivity (Wildman–Crippen MR) is 123 cm³/mol. The maximum atomic E-state index is 12.8. The second-order valence-electron chi connectivity index (χ2n) is 6.85. The van der Waals surface area contributed by atoms with Gasteiger partial charge in [-0.2, -0.15) is 5.10 Å². The van der Waals surface area contributed by atoms with Crippen molar-refractivity contribution in [3.8, 4) is 11.5 Å². The molecular weight excluding hydrogens is 448 g/mol. The van der Waals surface area contributed by atoms with Gasteiger partial charge in [-0.25, -0.2) is 9.80 Å². The number of hydrogen-bond donors (Lipinski definition) is 0. The Hall–Kier alpha value is -3.17. The topological polar surface area (TPSA) is 77.4 Å². The minimum atomic E-state index is -0.624. The molecule has 0 N–H and O–H groups in total. The highest BCUT2D eigenvalue weighted by Crippen LogP contribution is 2.35. The minimum absolute atomic E-state index is 0.196. The van der Waals surface area contributed by atoms with Crippen LogP contribution in [0.2, 0.25) is 0 Å². The molecule has 0 bridgehead atoms. The van der Waals surface area contributed by atoms with Crippen molar-refractivity contribution in [3.05, 3.63) is 69.0 Å². The fraction of sp³-hybridized carbons (Fsp3) is 0.261. The van der Waals surface area contributed by atoms with Crippen LogP contribution in [0.5, 0.6) is 11.5 Å². The van der Waals surface area contributed by atoms with Crippen molar-refractivity contribution in [2.24, 2.45) is 5.10 Å². The van der Waals surface area contributed by atoms with E-state index in [9.17, 15) is 9.59 Å². The molecule has 7 nitrogen and oxygen atoms in total. The number of carbonyl (C=O) groups excluding carboxylic acids is 2. The monoisotopic (exact) mass is 470 g/mol. The van der Waals surface area contributed by atoms with Crippen LogP contribution < -0.4 is 9.47 Å². The number of nitrogens with zero attached hydrogens (tertiary/aromatic N) is 2. The number of carbonyl (C=O) groups is 2. The van der Waals surface area contributed by atoms with Crippen molar-refractivity contribution < 1.29 is 23.8 Å². The molecule has 4 rings (SSSR count). The number of esters is 1. The third-order valence-corrected chi connectivity index (χ3v) is 6.58. The molecule has 1 atom stereocenters. The van der Waals surface area contributed by atoms with E-state index >= 15 is 0 Å². The summed E-state index contributed by atoms with van der Waals surface area (Å²) < 4.78 is 15.9. The van der Waals surface area contributed by atoms with Crippen LogP contribution in [0.25, 0.3) is 0 Å². The van der Waals surface area contributed by atoms with E-state index in [0.717, 1.165) is 21.2 Å². The molecule has 1 aromatic carbocycles. The zero-order valence-corrected chi connectivity index (χ0v) is 19.1. The van der Waals surface area contributed by atoms with Crippen molar-refractivity contribution >= 4 is 40.3 Å². The third kappa shape index (κ3) is 5.35. The van der Waals surface area contributed by atoms with Crippen molar-refractivity contribution in [1.82, 2.24) is 5.01 Å². The molecule has 1 unspecified atom stereocenters. The van der Waals surface area contributed by atoms with Gasteiger partial charge in [0, 0.05) is 11.3 Å². The zero-order valence-electron chi connectivity index (χ0n) is 17.4. The summed E-state index contributed by atoms with van der Waals surface area (Å²) in [4.78, 5) is 27.0. The van der Waals surface area contributed by atoms with Crippen molar-refractivity contribution in [3.63, 3.8) is 0 Å². The SMILES string of the molecule is CCOc1ccc(OCC(=O)OCC(=O)N2N=C(c3cccs3)CC2c2cccs2)cc1. The molecule has 2 aromatic heterocycles. The van der Waals surface area contributed by atoms with Crippen LogP contribution >= 0.6 is 22.7 Å². The molecule has 1 aliphatic rings. The molecule has 1 amide bonds. The molecule has 1 aliphatic heterocycles. The first-order valence-corrected chi connectivity index (χ1v) is 11.9. The quantitative estimate of drug-likeness (QED) is 0.430. The Labute approximate surface area is 193 Å². The number of hydrogen-bond acceptors (Lipinski definition) is 8. The first kappa shape index (κ1) is 22.0. The average molecular weight is 471 g/mol. The Balaban J connectivity index is 1.32. The second-order valence-corrected chi connectivity index (χ2v) is 8.78. The Morgan fingerprint density at radius 3 is 2.38 bits per heavy atom. The summed E-state index contributed by atoms with van der Waals surface area (Å²) in [5.74, 6) is 0.242. The molecule has 3 aromatic rings. The van der Waals surface area contributed by atoms with Crippen molar-refractivity contribution in [1.29, 1.82) is 0 Å². The second kappa shape index (κ2) is 10.4. The van der Waals surface area contributed by atoms with Crippen LogP contribution in [0.3, 0.4) is 0 Å². The van der Waals surface area contributed by atoms with Gasteiger partial charge in [-0.1, -0.05) is 12.1 Å². The summed E-state index contributed by atoms with van der Waals surface area (Å²) in [7, 11) is 0. The number of hydrazone groups is 1. The van der Waals surface area contributed by atoms with E-state index in [-0.39, 0.29) is 18.6 Å². The molecule has 166 valence electrons. The molecule has 0 radical (unpaired) electrons. The normalized spacial score (nSPS) is 15.3. The van der Waals surface area contributed by atoms with Gasteiger partial charge < -0.3 is 14.2 Å². The Morgan fingerprint density at radius 1 is 1.00 bits per heavy atom. The van der Waals surface area contributed by atoms with E-state index < -0.39 is 12.6 Å². The van der Waals surface area contributed by atoms with E-state index in [4.69, 9.17) is 14.2 Å². The highest BCUT2D eigenvalue weighted by atomic mass is 32.1. The van der Waals surface area contributed by atoms with E-state index in [0.29, 0.717) is 18.8 Å². The number of benzene rings is 1. The molecule has 0 spiro atoms. The average Bonchev–Trinajstić information content (AvgIpc) is 3.57. The summed E-state index contributed by atoms with van der Waals surface area (Å²) in [6.07, 6.45) is 0.627. The molecule has 3 heterocycles. The first-order chi connectivity index (χ1) is 15.6. The fourth-order valence-corrected chi connectivity index (χ4v) is 4.76. The number of ether oxygens (including phenoxy) is 3. The van der Waals surface area contributed by atoms with Crippen LogP contribution in [0.1, 0.15) is 29.1 Å². The van der Waals surface area contributed by atoms with Crippen LogP contribution in [0.15, 0.2) is 64.4 Å². The van der Waals surface area contributed by atoms with Gasteiger partial charge in [-0.05, 0) is 54.1 Å². The molecular formula is C23H22N2O5S2. The lowest BCUT2D eigenvalue weighted by molar-refractivity contribution is -0.154. The lowest BCUT2D eigenvalue weighted by atomic mass is 10.1. The summed E-state index contributed by atoms with van der Waals surface area (Å²) in [5.41, 5.74) is 0.858. The summed E-state index contributed by atoms with van der Waals surface area (Å²) in [5, 5.41) is 9.93. The van der Waals surface area contributed by atoms with Crippen molar-refractivity contribution in [2.75, 3.05) is 19.8 Å². The molecule has 9 heteroatoms. The van der Waals surface area contributed by atoms with E-state index in [2.05, 4.69) is 5.10 Å². The predicted octanol–water partition coefficient (Wildman–Crippen LogP) is 4.51. The van der Waals surface area contributed by atoms with Crippen LogP contribution in [-0.2, 0) is 14.3 Å². The van der Waals surface area contributed by atoms with Crippen molar-refractivity contribution in [2.45, 2.75) is 19.4 Å². The van der Waals surface area contributed by atoms with E-state index in [1.54, 1.807) is 46.9 Å². The van der Waals surface area contributed by atoms with Gasteiger partial charge in [0.25, 0.3) is 5.91 Å². The van der Waals surface area contributed by atoms with Crippen LogP contribution in [0, 0.1) is 0 Å². The highest BCUT2D eigenvalue weighted by Gasteiger charge is 2.34. The number of rotatable bonds is 9. The maximum absolute atomic E-state index is 12.8. The summed E-state index contributed by atoms with van der Waals surface area (Å²) in [6.45, 7) is 1.79. The Morgan fingerprint density at radius 2 is 1.72 bits per heavy atom. The van der Waals surface area contributed by atoms with Gasteiger partial charge in [0.1, 0.15) is 11.5 Å². The van der Waals surface area contributed by atoms with E-state index in [1.165, 1.54) is 5.01 Å². The maximum Gasteiger partial charge on any atom is 0.344 e. The van der Waals surface area contributed by atoms with Crippen LogP contribution in [-0.4, -0.2) is 42.4 Å². The molecule has 0 saturated heterocycles. The Bertz CT molecular complexity index is 1060. The third-order valence-electron chi connectivity index (χ3n) is 4.69. The summed E-state index contributed by atoms with van der Waals surface area (Å²) >= 11 is 3.16. The smallest absolute Gasteiger partial charge is 0.344 e.